The number of nitrogens with one attached hydrogen (secondary N) is 1. The summed E-state index contributed by atoms with van der Waals surface area (Å²) >= 11 is 0. The quantitative estimate of drug-likeness (QED) is 0.571. The zero-order chi connectivity index (χ0) is 12.7. The molecule has 0 aliphatic carbocycles. The molecule has 0 amide bonds. The average molecular weight is 240 g/mol. The number of carbonyl (C=O) groups excluding carboxylic acids is 1. The van der Waals surface area contributed by atoms with Crippen LogP contribution in [0.15, 0.2) is 16.5 Å². The molecular formula is C12H20N2O3. The Morgan fingerprint density at radius 1 is 1.53 bits per heavy atom. The lowest BCUT2D eigenvalue weighted by Gasteiger charge is -2.13. The molecule has 0 aliphatic heterocycles. The maximum Gasteiger partial charge on any atom is 0.373 e. The molecule has 5 nitrogen and oxygen atoms in total. The number of esters is 1. The fourth-order valence-corrected chi connectivity index (χ4v) is 1.32. The molecule has 0 saturated heterocycles. The van der Waals surface area contributed by atoms with Gasteiger partial charge in [-0.25, -0.2) is 4.79 Å². The Bertz CT molecular complexity index is 349. The first-order valence-corrected chi connectivity index (χ1v) is 5.73. The molecule has 0 fully saturated rings. The molecular weight excluding hydrogens is 220 g/mol. The van der Waals surface area contributed by atoms with Gasteiger partial charge >= 0.3 is 5.97 Å². The van der Waals surface area contributed by atoms with E-state index < -0.39 is 5.97 Å². The predicted molar refractivity (Wildman–Crippen MR) is 64.9 cm³/mol. The molecule has 96 valence electrons. The van der Waals surface area contributed by atoms with Crippen LogP contribution in [0.5, 0.6) is 0 Å². The fourth-order valence-electron chi connectivity index (χ4n) is 1.32. The van der Waals surface area contributed by atoms with Gasteiger partial charge in [-0.15, -0.1) is 0 Å². The number of likely N-dealkylation sites (N-methyl/N-ethyl adjacent to an activating group) is 1. The highest BCUT2D eigenvalue weighted by Crippen LogP contribution is 2.08. The van der Waals surface area contributed by atoms with E-state index in [-0.39, 0.29) is 5.76 Å². The van der Waals surface area contributed by atoms with Crippen molar-refractivity contribution in [1.29, 1.82) is 0 Å². The third-order valence-electron chi connectivity index (χ3n) is 2.56. The van der Waals surface area contributed by atoms with Crippen LogP contribution in [-0.2, 0) is 11.3 Å². The Balaban J connectivity index is 2.28. The maximum absolute atomic E-state index is 11.1. The lowest BCUT2D eigenvalue weighted by Crippen LogP contribution is -2.28. The van der Waals surface area contributed by atoms with E-state index in [0.717, 1.165) is 25.4 Å². The van der Waals surface area contributed by atoms with E-state index in [1.54, 1.807) is 12.1 Å². The van der Waals surface area contributed by atoms with Crippen LogP contribution < -0.4 is 5.32 Å². The average Bonchev–Trinajstić information content (AvgIpc) is 2.82. The molecule has 0 saturated carbocycles. The SMILES string of the molecule is CCN(C)CCNCc1ccc(C(=O)OC)o1. The van der Waals surface area contributed by atoms with E-state index in [2.05, 4.69) is 28.9 Å². The summed E-state index contributed by atoms with van der Waals surface area (Å²) in [7, 11) is 3.41. The number of nitrogens with zero attached hydrogens (tertiary/aromatic N) is 1. The van der Waals surface area contributed by atoms with Crippen LogP contribution in [0, 0.1) is 0 Å². The van der Waals surface area contributed by atoms with Crippen LogP contribution in [0.2, 0.25) is 0 Å². The Kier molecular flexibility index (Phi) is 5.72. The molecule has 1 heterocycles. The summed E-state index contributed by atoms with van der Waals surface area (Å²) in [6.07, 6.45) is 0. The Hall–Kier alpha value is -1.33. The number of rotatable bonds is 7. The molecule has 0 unspecified atom stereocenters. The zero-order valence-electron chi connectivity index (χ0n) is 10.7. The van der Waals surface area contributed by atoms with Crippen LogP contribution in [0.4, 0.5) is 0 Å². The smallest absolute Gasteiger partial charge is 0.373 e. The van der Waals surface area contributed by atoms with Gasteiger partial charge in [-0.05, 0) is 25.7 Å². The highest BCUT2D eigenvalue weighted by atomic mass is 16.5. The Labute approximate surface area is 102 Å². The van der Waals surface area contributed by atoms with Gasteiger partial charge in [0.2, 0.25) is 5.76 Å². The van der Waals surface area contributed by atoms with E-state index in [9.17, 15) is 4.79 Å². The summed E-state index contributed by atoms with van der Waals surface area (Å²) in [5.74, 6) is 0.543. The molecule has 17 heavy (non-hydrogen) atoms. The molecule has 1 rings (SSSR count). The van der Waals surface area contributed by atoms with Crippen molar-refractivity contribution in [2.75, 3.05) is 33.8 Å². The topological polar surface area (TPSA) is 54.7 Å². The van der Waals surface area contributed by atoms with Crippen LogP contribution in [0.25, 0.3) is 0 Å². The summed E-state index contributed by atoms with van der Waals surface area (Å²) in [6, 6.07) is 3.41. The van der Waals surface area contributed by atoms with E-state index in [1.165, 1.54) is 7.11 Å². The van der Waals surface area contributed by atoms with Crippen LogP contribution in [0.1, 0.15) is 23.2 Å². The molecule has 0 atom stereocenters. The van der Waals surface area contributed by atoms with Gasteiger partial charge in [0, 0.05) is 13.1 Å². The number of methoxy groups -OCH3 is 1. The molecule has 1 aromatic rings. The molecule has 0 aromatic carbocycles. The Morgan fingerprint density at radius 3 is 2.94 bits per heavy atom. The monoisotopic (exact) mass is 240 g/mol. The lowest BCUT2D eigenvalue weighted by molar-refractivity contribution is 0.0563. The molecule has 1 N–H and O–H groups in total. The molecule has 0 aliphatic rings. The number of hydrogen-bond acceptors (Lipinski definition) is 5. The highest BCUT2D eigenvalue weighted by molar-refractivity contribution is 5.86. The van der Waals surface area contributed by atoms with Crippen molar-refractivity contribution in [3.8, 4) is 0 Å². The number of furan rings is 1. The van der Waals surface area contributed by atoms with Gasteiger partial charge in [0.15, 0.2) is 0 Å². The molecule has 0 bridgehead atoms. The van der Waals surface area contributed by atoms with Gasteiger partial charge in [-0.2, -0.15) is 0 Å². The van der Waals surface area contributed by atoms with Gasteiger partial charge in [-0.3, -0.25) is 0 Å². The van der Waals surface area contributed by atoms with Gasteiger partial charge in [0.05, 0.1) is 13.7 Å². The maximum atomic E-state index is 11.1. The summed E-state index contributed by atoms with van der Waals surface area (Å²) < 4.78 is 9.88. The zero-order valence-corrected chi connectivity index (χ0v) is 10.7. The summed E-state index contributed by atoms with van der Waals surface area (Å²) in [5.41, 5.74) is 0. The fraction of sp³-hybridized carbons (Fsp3) is 0.583. The number of ether oxygens (including phenoxy) is 1. The number of hydrogen-bond donors (Lipinski definition) is 1. The normalized spacial score (nSPS) is 10.8. The first-order valence-electron chi connectivity index (χ1n) is 5.73. The van der Waals surface area contributed by atoms with Crippen molar-refractivity contribution in [3.05, 3.63) is 23.7 Å². The molecule has 5 heteroatoms. The summed E-state index contributed by atoms with van der Waals surface area (Å²) in [5, 5.41) is 3.25. The van der Waals surface area contributed by atoms with E-state index in [0.29, 0.717) is 6.54 Å². The molecule has 1 aromatic heterocycles. The van der Waals surface area contributed by atoms with Gasteiger partial charge in [0.1, 0.15) is 5.76 Å². The third-order valence-corrected chi connectivity index (χ3v) is 2.56. The minimum Gasteiger partial charge on any atom is -0.463 e. The minimum atomic E-state index is -0.443. The molecule has 0 radical (unpaired) electrons. The van der Waals surface area contributed by atoms with Gasteiger partial charge in [0.25, 0.3) is 0 Å². The van der Waals surface area contributed by atoms with E-state index in [1.807, 2.05) is 0 Å². The first-order chi connectivity index (χ1) is 8.17. The minimum absolute atomic E-state index is 0.245. The summed E-state index contributed by atoms with van der Waals surface area (Å²) in [4.78, 5) is 13.4. The van der Waals surface area contributed by atoms with Gasteiger partial charge in [-0.1, -0.05) is 6.92 Å². The Morgan fingerprint density at radius 2 is 2.29 bits per heavy atom. The van der Waals surface area contributed by atoms with Crippen molar-refractivity contribution >= 4 is 5.97 Å². The van der Waals surface area contributed by atoms with E-state index >= 15 is 0 Å². The lowest BCUT2D eigenvalue weighted by atomic mass is 10.4. The van der Waals surface area contributed by atoms with E-state index in [4.69, 9.17) is 4.42 Å². The van der Waals surface area contributed by atoms with Crippen molar-refractivity contribution in [2.45, 2.75) is 13.5 Å². The number of carbonyl (C=O) groups is 1. The van der Waals surface area contributed by atoms with Crippen LogP contribution >= 0.6 is 0 Å². The predicted octanol–water partition coefficient (Wildman–Crippen LogP) is 1.11. The van der Waals surface area contributed by atoms with Crippen LogP contribution in [-0.4, -0.2) is 44.7 Å². The van der Waals surface area contributed by atoms with Crippen molar-refractivity contribution < 1.29 is 13.9 Å². The van der Waals surface area contributed by atoms with Crippen molar-refractivity contribution in [2.24, 2.45) is 0 Å². The largest absolute Gasteiger partial charge is 0.463 e. The van der Waals surface area contributed by atoms with Crippen molar-refractivity contribution in [1.82, 2.24) is 10.2 Å². The standard InChI is InChI=1S/C12H20N2O3/c1-4-14(2)8-7-13-9-10-5-6-11(17-10)12(15)16-3/h5-6,13H,4,7-9H2,1-3H3. The van der Waals surface area contributed by atoms with Crippen molar-refractivity contribution in [3.63, 3.8) is 0 Å². The van der Waals surface area contributed by atoms with Gasteiger partial charge < -0.3 is 19.4 Å². The summed E-state index contributed by atoms with van der Waals surface area (Å²) in [6.45, 7) is 5.65. The molecule has 0 spiro atoms. The first kappa shape index (κ1) is 13.7. The van der Waals surface area contributed by atoms with Crippen LogP contribution in [0.3, 0.4) is 0 Å². The highest BCUT2D eigenvalue weighted by Gasteiger charge is 2.10. The second-order valence-electron chi connectivity index (χ2n) is 3.83. The second-order valence-corrected chi connectivity index (χ2v) is 3.83. The second kappa shape index (κ2) is 7.09. The third kappa shape index (κ3) is 4.58.